The first-order chi connectivity index (χ1) is 18.5. The van der Waals surface area contributed by atoms with E-state index < -0.39 is 17.7 Å². The summed E-state index contributed by atoms with van der Waals surface area (Å²) >= 11 is 5.86. The van der Waals surface area contributed by atoms with Crippen molar-refractivity contribution in [2.24, 2.45) is 5.92 Å². The largest absolute Gasteiger partial charge is 0.416 e. The molecule has 0 bridgehead atoms. The molecule has 206 valence electrons. The van der Waals surface area contributed by atoms with E-state index >= 15 is 0 Å². The summed E-state index contributed by atoms with van der Waals surface area (Å²) in [6.07, 6.45) is -1.12. The number of benzene rings is 2. The highest BCUT2D eigenvalue weighted by Gasteiger charge is 2.32. The predicted molar refractivity (Wildman–Crippen MR) is 146 cm³/mol. The number of rotatable bonds is 7. The Balaban J connectivity index is 1.40. The summed E-state index contributed by atoms with van der Waals surface area (Å²) in [7, 11) is 0. The summed E-state index contributed by atoms with van der Waals surface area (Å²) in [6, 6.07) is 13.4. The molecule has 0 radical (unpaired) electrons. The molecule has 2 amide bonds. The van der Waals surface area contributed by atoms with E-state index in [0.717, 1.165) is 18.9 Å². The van der Waals surface area contributed by atoms with Gasteiger partial charge in [0.05, 0.1) is 11.5 Å². The third-order valence-corrected chi connectivity index (χ3v) is 7.27. The molecule has 10 heteroatoms. The minimum absolute atomic E-state index is 0.103. The maximum atomic E-state index is 13.4. The number of nitrogens with zero attached hydrogens (tertiary/aromatic N) is 2. The van der Waals surface area contributed by atoms with E-state index in [1.54, 1.807) is 43.3 Å². The highest BCUT2D eigenvalue weighted by atomic mass is 35.5. The SMILES string of the molecule is CC1CCN(c2cc(C(F)(F)F)ccc2CNC(=O)C(C)c2ccc(NC(=O)c3ccc(Cl)cc3)nc2)CC1. The van der Waals surface area contributed by atoms with E-state index in [1.165, 1.54) is 18.3 Å². The first kappa shape index (κ1) is 28.4. The van der Waals surface area contributed by atoms with Gasteiger partial charge < -0.3 is 15.5 Å². The fraction of sp³-hybridized carbons (Fsp3) is 0.345. The highest BCUT2D eigenvalue weighted by Crippen LogP contribution is 2.35. The molecule has 0 aliphatic carbocycles. The smallest absolute Gasteiger partial charge is 0.371 e. The van der Waals surface area contributed by atoms with Crippen LogP contribution in [-0.4, -0.2) is 29.9 Å². The molecular weight excluding hydrogens is 529 g/mol. The van der Waals surface area contributed by atoms with Crippen molar-refractivity contribution >= 4 is 34.9 Å². The lowest BCUT2D eigenvalue weighted by Crippen LogP contribution is -2.35. The Morgan fingerprint density at radius 1 is 1.08 bits per heavy atom. The molecule has 1 aromatic heterocycles. The van der Waals surface area contributed by atoms with E-state index in [2.05, 4.69) is 22.5 Å². The first-order valence-corrected chi connectivity index (χ1v) is 13.1. The number of carbonyl (C=O) groups excluding carboxylic acids is 2. The number of hydrogen-bond donors (Lipinski definition) is 2. The van der Waals surface area contributed by atoms with Gasteiger partial charge in [0.15, 0.2) is 0 Å². The Hall–Kier alpha value is -3.59. The van der Waals surface area contributed by atoms with Crippen LogP contribution in [0.3, 0.4) is 0 Å². The van der Waals surface area contributed by atoms with Crippen molar-refractivity contribution in [3.8, 4) is 0 Å². The number of alkyl halides is 3. The van der Waals surface area contributed by atoms with E-state index in [4.69, 9.17) is 11.6 Å². The number of nitrogens with one attached hydrogen (secondary N) is 2. The topological polar surface area (TPSA) is 74.3 Å². The molecule has 0 spiro atoms. The van der Waals surface area contributed by atoms with Gasteiger partial charge in [-0.3, -0.25) is 9.59 Å². The van der Waals surface area contributed by atoms with Gasteiger partial charge in [0, 0.05) is 42.1 Å². The monoisotopic (exact) mass is 558 g/mol. The van der Waals surface area contributed by atoms with Gasteiger partial charge in [0.2, 0.25) is 5.91 Å². The zero-order valence-corrected chi connectivity index (χ0v) is 22.4. The van der Waals surface area contributed by atoms with Gasteiger partial charge in [-0.1, -0.05) is 30.7 Å². The van der Waals surface area contributed by atoms with Gasteiger partial charge >= 0.3 is 6.18 Å². The number of hydrogen-bond acceptors (Lipinski definition) is 4. The van der Waals surface area contributed by atoms with Crippen molar-refractivity contribution in [1.29, 1.82) is 0 Å². The Labute approximate surface area is 230 Å². The quantitative estimate of drug-likeness (QED) is 0.340. The van der Waals surface area contributed by atoms with Crippen LogP contribution in [0.1, 0.15) is 59.7 Å². The lowest BCUT2D eigenvalue weighted by Gasteiger charge is -2.34. The van der Waals surface area contributed by atoms with Crippen LogP contribution in [0, 0.1) is 5.92 Å². The van der Waals surface area contributed by atoms with Crippen LogP contribution >= 0.6 is 11.6 Å². The molecule has 1 unspecified atom stereocenters. The normalized spacial score (nSPS) is 15.1. The predicted octanol–water partition coefficient (Wildman–Crippen LogP) is 6.66. The van der Waals surface area contributed by atoms with Gasteiger partial charge in [-0.15, -0.1) is 0 Å². The van der Waals surface area contributed by atoms with Crippen LogP contribution in [0.15, 0.2) is 60.8 Å². The lowest BCUT2D eigenvalue weighted by atomic mass is 9.97. The average molecular weight is 559 g/mol. The second-order valence-electron chi connectivity index (χ2n) is 9.89. The van der Waals surface area contributed by atoms with Gasteiger partial charge in [0.1, 0.15) is 5.82 Å². The summed E-state index contributed by atoms with van der Waals surface area (Å²) in [5.74, 6) is -0.327. The third-order valence-electron chi connectivity index (χ3n) is 7.02. The molecule has 2 N–H and O–H groups in total. The number of piperidine rings is 1. The zero-order valence-electron chi connectivity index (χ0n) is 21.7. The van der Waals surface area contributed by atoms with Crippen LogP contribution in [0.5, 0.6) is 0 Å². The van der Waals surface area contributed by atoms with Crippen LogP contribution in [0.4, 0.5) is 24.7 Å². The molecule has 1 atom stereocenters. The molecule has 2 heterocycles. The van der Waals surface area contributed by atoms with Gasteiger partial charge in [-0.05, 0) is 79.3 Å². The van der Waals surface area contributed by atoms with Gasteiger partial charge in [0.25, 0.3) is 5.91 Å². The maximum absolute atomic E-state index is 13.4. The highest BCUT2D eigenvalue weighted by molar-refractivity contribution is 6.30. The van der Waals surface area contributed by atoms with Crippen LogP contribution in [0.2, 0.25) is 5.02 Å². The van der Waals surface area contributed by atoms with Crippen molar-refractivity contribution < 1.29 is 22.8 Å². The summed E-state index contributed by atoms with van der Waals surface area (Å²) in [6.45, 7) is 5.31. The van der Waals surface area contributed by atoms with Crippen molar-refractivity contribution in [2.45, 2.75) is 45.3 Å². The molecule has 1 aliphatic heterocycles. The average Bonchev–Trinajstić information content (AvgIpc) is 2.92. The van der Waals surface area contributed by atoms with Crippen molar-refractivity contribution in [2.75, 3.05) is 23.3 Å². The van der Waals surface area contributed by atoms with Crippen molar-refractivity contribution in [3.63, 3.8) is 0 Å². The fourth-order valence-electron chi connectivity index (χ4n) is 4.45. The molecule has 1 saturated heterocycles. The first-order valence-electron chi connectivity index (χ1n) is 12.8. The number of anilines is 2. The molecule has 4 rings (SSSR count). The van der Waals surface area contributed by atoms with Gasteiger partial charge in [-0.2, -0.15) is 13.2 Å². The molecule has 39 heavy (non-hydrogen) atoms. The molecule has 6 nitrogen and oxygen atoms in total. The van der Waals surface area contributed by atoms with E-state index in [0.29, 0.717) is 52.2 Å². The van der Waals surface area contributed by atoms with Crippen LogP contribution < -0.4 is 15.5 Å². The van der Waals surface area contributed by atoms with Crippen LogP contribution in [0.25, 0.3) is 0 Å². The molecular formula is C29H30ClF3N4O2. The molecule has 1 fully saturated rings. The number of pyridine rings is 1. The van der Waals surface area contributed by atoms with E-state index in [-0.39, 0.29) is 18.4 Å². The van der Waals surface area contributed by atoms with E-state index in [9.17, 15) is 22.8 Å². The molecule has 3 aromatic rings. The molecule has 1 aliphatic rings. The van der Waals surface area contributed by atoms with E-state index in [1.807, 2.05) is 4.90 Å². The second-order valence-corrected chi connectivity index (χ2v) is 10.3. The standard InChI is InChI=1S/C29H30ClF3N4O2/c1-18-11-13-37(14-12-18)25-15-23(29(31,32)33)7-3-22(25)17-35-27(38)19(2)21-6-10-26(34-16-21)36-28(39)20-4-8-24(30)9-5-20/h3-10,15-16,18-19H,11-14,17H2,1-2H3,(H,35,38)(H,34,36,39). The lowest BCUT2D eigenvalue weighted by molar-refractivity contribution is -0.137. The maximum Gasteiger partial charge on any atom is 0.416 e. The Morgan fingerprint density at radius 3 is 2.38 bits per heavy atom. The summed E-state index contributed by atoms with van der Waals surface area (Å²) < 4.78 is 40.2. The van der Waals surface area contributed by atoms with Crippen molar-refractivity contribution in [1.82, 2.24) is 10.3 Å². The minimum atomic E-state index is -4.44. The third kappa shape index (κ3) is 7.29. The van der Waals surface area contributed by atoms with Crippen LogP contribution in [-0.2, 0) is 17.5 Å². The van der Waals surface area contributed by atoms with Gasteiger partial charge in [-0.25, -0.2) is 4.98 Å². The molecule has 0 saturated carbocycles. The number of halogens is 4. The number of amides is 2. The summed E-state index contributed by atoms with van der Waals surface area (Å²) in [4.78, 5) is 31.5. The number of aromatic nitrogens is 1. The fourth-order valence-corrected chi connectivity index (χ4v) is 4.57. The molecule has 2 aromatic carbocycles. The Morgan fingerprint density at radius 2 is 1.77 bits per heavy atom. The Bertz CT molecular complexity index is 1310. The number of carbonyl (C=O) groups is 2. The summed E-state index contributed by atoms with van der Waals surface area (Å²) in [5.41, 5.74) is 1.51. The second kappa shape index (κ2) is 12.1. The zero-order chi connectivity index (χ0) is 28.2. The van der Waals surface area contributed by atoms with Crippen molar-refractivity contribution in [3.05, 3.63) is 88.1 Å². The Kier molecular flexibility index (Phi) is 8.80. The summed E-state index contributed by atoms with van der Waals surface area (Å²) in [5, 5.41) is 6.08. The minimum Gasteiger partial charge on any atom is -0.371 e.